The summed E-state index contributed by atoms with van der Waals surface area (Å²) < 4.78 is 2.46. The first-order valence-corrected chi connectivity index (χ1v) is 7.39. The minimum absolute atomic E-state index is 0.0788. The van der Waals surface area contributed by atoms with E-state index >= 15 is 0 Å². The van der Waals surface area contributed by atoms with Crippen molar-refractivity contribution >= 4 is 27.5 Å². The molecule has 0 aliphatic heterocycles. The highest BCUT2D eigenvalue weighted by atomic mass is 32.1. The number of amides is 1. The van der Waals surface area contributed by atoms with Gasteiger partial charge in [0.2, 0.25) is 5.91 Å². The van der Waals surface area contributed by atoms with Gasteiger partial charge in [0.25, 0.3) is 0 Å². The van der Waals surface area contributed by atoms with Gasteiger partial charge in [-0.05, 0) is 18.6 Å². The Bertz CT molecular complexity index is 615. The first-order valence-electron chi connectivity index (χ1n) is 6.57. The van der Waals surface area contributed by atoms with Crippen LogP contribution in [0.3, 0.4) is 0 Å². The van der Waals surface area contributed by atoms with Gasteiger partial charge >= 0.3 is 4.87 Å². The van der Waals surface area contributed by atoms with Gasteiger partial charge in [-0.15, -0.1) is 0 Å². The molecule has 0 saturated heterocycles. The summed E-state index contributed by atoms with van der Waals surface area (Å²) in [5.74, 6) is -0.0956. The zero-order valence-corrected chi connectivity index (χ0v) is 11.8. The topological polar surface area (TPSA) is 51.1 Å². The van der Waals surface area contributed by atoms with Gasteiger partial charge in [-0.1, -0.05) is 43.2 Å². The van der Waals surface area contributed by atoms with Crippen LogP contribution in [0.4, 0.5) is 0 Å². The molecular weight excluding hydrogens is 260 g/mol. The monoisotopic (exact) mass is 278 g/mol. The van der Waals surface area contributed by atoms with Crippen molar-refractivity contribution in [2.45, 2.75) is 32.7 Å². The quantitative estimate of drug-likeness (QED) is 0.825. The summed E-state index contributed by atoms with van der Waals surface area (Å²) in [6.45, 7) is 2.91. The van der Waals surface area contributed by atoms with Crippen LogP contribution in [0, 0.1) is 0 Å². The van der Waals surface area contributed by atoms with Crippen molar-refractivity contribution in [3.8, 4) is 0 Å². The SMILES string of the molecule is CCCCCNC(=O)Cn1c(=O)sc2ccccc21. The standard InChI is InChI=1S/C14H18N2O2S/c1-2-3-6-9-15-13(17)10-16-11-7-4-5-8-12(11)19-14(16)18/h4-5,7-8H,2-3,6,9-10H2,1H3,(H,15,17). The van der Waals surface area contributed by atoms with Crippen LogP contribution in [0.5, 0.6) is 0 Å². The van der Waals surface area contributed by atoms with Crippen LogP contribution in [-0.4, -0.2) is 17.0 Å². The van der Waals surface area contributed by atoms with Crippen LogP contribution in [0.1, 0.15) is 26.2 Å². The minimum atomic E-state index is -0.0956. The predicted molar refractivity (Wildman–Crippen MR) is 78.6 cm³/mol. The van der Waals surface area contributed by atoms with E-state index in [9.17, 15) is 9.59 Å². The fraction of sp³-hybridized carbons (Fsp3) is 0.429. The van der Waals surface area contributed by atoms with Crippen LogP contribution in [0.15, 0.2) is 29.1 Å². The smallest absolute Gasteiger partial charge is 0.308 e. The van der Waals surface area contributed by atoms with Gasteiger partial charge < -0.3 is 5.32 Å². The van der Waals surface area contributed by atoms with Crippen molar-refractivity contribution in [2.75, 3.05) is 6.54 Å². The maximum absolute atomic E-state index is 11.9. The number of hydrogen-bond acceptors (Lipinski definition) is 3. The Morgan fingerprint density at radius 2 is 2.11 bits per heavy atom. The Balaban J connectivity index is 2.03. The number of rotatable bonds is 6. The molecule has 0 spiro atoms. The van der Waals surface area contributed by atoms with Crippen molar-refractivity contribution < 1.29 is 4.79 Å². The molecule has 0 atom stereocenters. The number of aromatic nitrogens is 1. The summed E-state index contributed by atoms with van der Waals surface area (Å²) in [7, 11) is 0. The average Bonchev–Trinajstić information content (AvgIpc) is 2.72. The van der Waals surface area contributed by atoms with Crippen LogP contribution < -0.4 is 10.2 Å². The van der Waals surface area contributed by atoms with Crippen molar-refractivity contribution in [3.05, 3.63) is 33.9 Å². The second-order valence-electron chi connectivity index (χ2n) is 4.48. The van der Waals surface area contributed by atoms with E-state index in [0.717, 1.165) is 29.5 Å². The number of nitrogens with zero attached hydrogens (tertiary/aromatic N) is 1. The van der Waals surface area contributed by atoms with Crippen molar-refractivity contribution in [1.29, 1.82) is 0 Å². The van der Waals surface area contributed by atoms with E-state index in [1.807, 2.05) is 24.3 Å². The summed E-state index contributed by atoms with van der Waals surface area (Å²) in [5, 5.41) is 2.85. The van der Waals surface area contributed by atoms with E-state index in [1.54, 1.807) is 0 Å². The lowest BCUT2D eigenvalue weighted by atomic mass is 10.2. The number of hydrogen-bond donors (Lipinski definition) is 1. The Hall–Kier alpha value is -1.62. The van der Waals surface area contributed by atoms with Crippen LogP contribution >= 0.6 is 11.3 Å². The maximum atomic E-state index is 11.9. The van der Waals surface area contributed by atoms with E-state index in [1.165, 1.54) is 15.9 Å². The summed E-state index contributed by atoms with van der Waals surface area (Å²) in [6.07, 6.45) is 3.23. The van der Waals surface area contributed by atoms with E-state index < -0.39 is 0 Å². The molecule has 0 fully saturated rings. The second-order valence-corrected chi connectivity index (χ2v) is 5.47. The number of fused-ring (bicyclic) bond motifs is 1. The van der Waals surface area contributed by atoms with Crippen molar-refractivity contribution in [3.63, 3.8) is 0 Å². The Morgan fingerprint density at radius 1 is 1.32 bits per heavy atom. The normalized spacial score (nSPS) is 10.8. The lowest BCUT2D eigenvalue weighted by Crippen LogP contribution is -2.31. The molecule has 2 aromatic rings. The number of carbonyl (C=O) groups is 1. The summed E-state index contributed by atoms with van der Waals surface area (Å²) in [6, 6.07) is 7.55. The third-order valence-electron chi connectivity index (χ3n) is 2.98. The van der Waals surface area contributed by atoms with Gasteiger partial charge in [0.15, 0.2) is 0 Å². The van der Waals surface area contributed by atoms with E-state index in [0.29, 0.717) is 6.54 Å². The molecule has 1 heterocycles. The molecule has 0 bridgehead atoms. The van der Waals surface area contributed by atoms with Crippen LogP contribution in [-0.2, 0) is 11.3 Å². The molecule has 0 saturated carbocycles. The minimum Gasteiger partial charge on any atom is -0.355 e. The first kappa shape index (κ1) is 13.8. The fourth-order valence-corrected chi connectivity index (χ4v) is 2.86. The lowest BCUT2D eigenvalue weighted by molar-refractivity contribution is -0.121. The van der Waals surface area contributed by atoms with Gasteiger partial charge in [-0.25, -0.2) is 0 Å². The fourth-order valence-electron chi connectivity index (χ4n) is 1.97. The molecule has 1 aromatic carbocycles. The Morgan fingerprint density at radius 3 is 2.89 bits per heavy atom. The molecule has 19 heavy (non-hydrogen) atoms. The molecule has 5 heteroatoms. The molecule has 4 nitrogen and oxygen atoms in total. The first-order chi connectivity index (χ1) is 9.22. The highest BCUT2D eigenvalue weighted by Gasteiger charge is 2.10. The third kappa shape index (κ3) is 3.44. The third-order valence-corrected chi connectivity index (χ3v) is 3.94. The molecule has 1 N–H and O–H groups in total. The lowest BCUT2D eigenvalue weighted by Gasteiger charge is -2.05. The summed E-state index contributed by atoms with van der Waals surface area (Å²) in [4.78, 5) is 23.6. The highest BCUT2D eigenvalue weighted by Crippen LogP contribution is 2.15. The largest absolute Gasteiger partial charge is 0.355 e. The highest BCUT2D eigenvalue weighted by molar-refractivity contribution is 7.16. The zero-order valence-electron chi connectivity index (χ0n) is 11.0. The van der Waals surface area contributed by atoms with Crippen molar-refractivity contribution in [2.24, 2.45) is 0 Å². The van der Waals surface area contributed by atoms with E-state index in [2.05, 4.69) is 12.2 Å². The van der Waals surface area contributed by atoms with Gasteiger partial charge in [0.1, 0.15) is 6.54 Å². The number of thiazole rings is 1. The van der Waals surface area contributed by atoms with Gasteiger partial charge in [0, 0.05) is 6.54 Å². The number of nitrogens with one attached hydrogen (secondary N) is 1. The molecule has 102 valence electrons. The molecular formula is C14H18N2O2S. The van der Waals surface area contributed by atoms with Gasteiger partial charge in [0.05, 0.1) is 10.2 Å². The Labute approximate surface area is 116 Å². The van der Waals surface area contributed by atoms with Crippen molar-refractivity contribution in [1.82, 2.24) is 9.88 Å². The summed E-state index contributed by atoms with van der Waals surface area (Å²) >= 11 is 1.18. The second kappa shape index (κ2) is 6.52. The Kier molecular flexibility index (Phi) is 4.74. The average molecular weight is 278 g/mol. The molecule has 0 aliphatic carbocycles. The number of para-hydroxylation sites is 1. The van der Waals surface area contributed by atoms with Crippen LogP contribution in [0.25, 0.3) is 10.2 Å². The maximum Gasteiger partial charge on any atom is 0.308 e. The molecule has 0 unspecified atom stereocenters. The molecule has 1 aromatic heterocycles. The van der Waals surface area contributed by atoms with Gasteiger partial charge in [-0.3, -0.25) is 14.2 Å². The van der Waals surface area contributed by atoms with Gasteiger partial charge in [-0.2, -0.15) is 0 Å². The molecule has 2 rings (SSSR count). The zero-order chi connectivity index (χ0) is 13.7. The number of benzene rings is 1. The van der Waals surface area contributed by atoms with E-state index in [-0.39, 0.29) is 17.3 Å². The number of unbranched alkanes of at least 4 members (excludes halogenated alkanes) is 2. The number of carbonyl (C=O) groups excluding carboxylic acids is 1. The molecule has 0 aliphatic rings. The van der Waals surface area contributed by atoms with E-state index in [4.69, 9.17) is 0 Å². The molecule has 1 amide bonds. The van der Waals surface area contributed by atoms with Crippen LogP contribution in [0.2, 0.25) is 0 Å². The predicted octanol–water partition coefficient (Wildman–Crippen LogP) is 2.37. The summed E-state index contributed by atoms with van der Waals surface area (Å²) in [5.41, 5.74) is 0.834. The molecule has 0 radical (unpaired) electrons.